The van der Waals surface area contributed by atoms with Gasteiger partial charge in [0.2, 0.25) is 0 Å². The minimum Gasteiger partial charge on any atom is -0.387 e. The van der Waals surface area contributed by atoms with Crippen LogP contribution in [-0.2, 0) is 16.1 Å². The van der Waals surface area contributed by atoms with Crippen LogP contribution in [0, 0.1) is 10.8 Å². The Morgan fingerprint density at radius 2 is 1.84 bits per heavy atom. The summed E-state index contributed by atoms with van der Waals surface area (Å²) < 4.78 is 11.1. The zero-order chi connectivity index (χ0) is 23.8. The van der Waals surface area contributed by atoms with Crippen molar-refractivity contribution in [3.63, 3.8) is 0 Å². The fourth-order valence-corrected chi connectivity index (χ4v) is 3.44. The summed E-state index contributed by atoms with van der Waals surface area (Å²) in [5, 5.41) is 45.1. The molecule has 2 amide bonds. The first-order chi connectivity index (χ1) is 15.2. The normalized spacial score (nSPS) is 26.6. The van der Waals surface area contributed by atoms with Gasteiger partial charge in [-0.3, -0.25) is 4.90 Å². The van der Waals surface area contributed by atoms with Crippen LogP contribution in [0.15, 0.2) is 35.6 Å². The maximum atomic E-state index is 12.8. The summed E-state index contributed by atoms with van der Waals surface area (Å²) in [5.41, 5.74) is 0.770. The lowest BCUT2D eigenvalue weighted by Gasteiger charge is -2.44. The maximum absolute atomic E-state index is 12.8. The van der Waals surface area contributed by atoms with Crippen molar-refractivity contribution in [2.45, 2.75) is 57.4 Å². The fourth-order valence-electron chi connectivity index (χ4n) is 3.28. The van der Waals surface area contributed by atoms with Gasteiger partial charge in [0.25, 0.3) is 0 Å². The predicted molar refractivity (Wildman–Crippen MR) is 114 cm³/mol. The molecule has 0 bridgehead atoms. The van der Waals surface area contributed by atoms with E-state index in [4.69, 9.17) is 21.1 Å². The molecular weight excluding hydrogens is 446 g/mol. The highest BCUT2D eigenvalue weighted by molar-refractivity contribution is 6.18. The number of amides is 2. The molecule has 1 aliphatic rings. The molecule has 11 nitrogen and oxygen atoms in total. The summed E-state index contributed by atoms with van der Waals surface area (Å²) in [6.45, 7) is 3.37. The Labute approximate surface area is 191 Å². The van der Waals surface area contributed by atoms with E-state index in [1.807, 2.05) is 6.07 Å². The first kappa shape index (κ1) is 26.4. The monoisotopic (exact) mass is 475 g/mol. The highest BCUT2D eigenvalue weighted by Crippen LogP contribution is 2.27. The van der Waals surface area contributed by atoms with E-state index in [9.17, 15) is 30.1 Å². The first-order valence-electron chi connectivity index (χ1n) is 10.2. The standard InChI is InChI=1S/C20H30ClN3O8/c1-12(2)10-23(20(29)24(22-30)9-8-21)18(28)17-15(26)14(25)16(27)19(32-17)31-11-13-6-4-3-5-7-13/h3-7,12,14-19,25-28H,8-11H2,1-2H3/t14-,15-,16-,17-,18?,19-/m0/s1. The summed E-state index contributed by atoms with van der Waals surface area (Å²) in [6.07, 6.45) is -9.79. The van der Waals surface area contributed by atoms with Gasteiger partial charge in [-0.05, 0) is 11.5 Å². The van der Waals surface area contributed by atoms with Crippen LogP contribution in [0.5, 0.6) is 0 Å². The van der Waals surface area contributed by atoms with Crippen molar-refractivity contribution in [3.8, 4) is 0 Å². The Hall–Kier alpha value is -1.86. The number of carbonyl (C=O) groups is 1. The molecule has 12 heteroatoms. The highest BCUT2D eigenvalue weighted by atomic mass is 35.5. The number of rotatable bonds is 10. The summed E-state index contributed by atoms with van der Waals surface area (Å²) in [4.78, 5) is 24.8. The zero-order valence-corrected chi connectivity index (χ0v) is 18.7. The van der Waals surface area contributed by atoms with Gasteiger partial charge in [0.15, 0.2) is 12.5 Å². The molecule has 0 aliphatic carbocycles. The van der Waals surface area contributed by atoms with Crippen LogP contribution in [0.3, 0.4) is 0 Å². The van der Waals surface area contributed by atoms with Crippen LogP contribution < -0.4 is 0 Å². The molecule has 0 spiro atoms. The topological polar surface area (TPSA) is 152 Å². The molecule has 0 aromatic heterocycles. The molecule has 1 heterocycles. The van der Waals surface area contributed by atoms with Crippen molar-refractivity contribution in [2.75, 3.05) is 19.0 Å². The molecule has 0 saturated carbocycles. The van der Waals surface area contributed by atoms with Gasteiger partial charge in [0, 0.05) is 12.4 Å². The molecule has 1 aromatic carbocycles. The van der Waals surface area contributed by atoms with Crippen LogP contribution in [0.1, 0.15) is 19.4 Å². The number of aliphatic hydroxyl groups excluding tert-OH is 4. The SMILES string of the molecule is CC(C)CN(C(=O)N(CCCl)N=O)C(O)[C@H]1O[C@H](OCc2ccccc2)[C@@H](O)[C@@H](O)[C@@H]1O. The second kappa shape index (κ2) is 12.4. The number of carbonyl (C=O) groups excluding carboxylic acids is 1. The van der Waals surface area contributed by atoms with Crippen molar-refractivity contribution in [1.29, 1.82) is 0 Å². The van der Waals surface area contributed by atoms with Gasteiger partial charge >= 0.3 is 6.03 Å². The van der Waals surface area contributed by atoms with Gasteiger partial charge in [-0.1, -0.05) is 44.2 Å². The van der Waals surface area contributed by atoms with E-state index in [1.165, 1.54) is 0 Å². The number of ether oxygens (including phenoxy) is 2. The molecule has 1 fully saturated rings. The Bertz CT molecular complexity index is 728. The molecule has 32 heavy (non-hydrogen) atoms. The van der Waals surface area contributed by atoms with E-state index in [-0.39, 0.29) is 31.5 Å². The number of nitroso groups, excluding NO2 is 1. The largest absolute Gasteiger partial charge is 0.387 e. The van der Waals surface area contributed by atoms with Crippen molar-refractivity contribution in [2.24, 2.45) is 11.2 Å². The van der Waals surface area contributed by atoms with Crippen LogP contribution in [0.4, 0.5) is 4.79 Å². The Kier molecular flexibility index (Phi) is 10.2. The van der Waals surface area contributed by atoms with Crippen molar-refractivity contribution >= 4 is 17.6 Å². The van der Waals surface area contributed by atoms with Gasteiger partial charge in [0.05, 0.1) is 18.4 Å². The highest BCUT2D eigenvalue weighted by Gasteiger charge is 2.49. The lowest BCUT2D eigenvalue weighted by atomic mass is 9.97. The van der Waals surface area contributed by atoms with Gasteiger partial charge in [-0.2, -0.15) is 5.01 Å². The zero-order valence-electron chi connectivity index (χ0n) is 17.9. The molecule has 1 saturated heterocycles. The molecule has 1 unspecified atom stereocenters. The van der Waals surface area contributed by atoms with E-state index >= 15 is 0 Å². The summed E-state index contributed by atoms with van der Waals surface area (Å²) >= 11 is 5.60. The smallest absolute Gasteiger partial charge is 0.345 e. The van der Waals surface area contributed by atoms with Gasteiger partial charge in [-0.25, -0.2) is 4.79 Å². The molecule has 6 atom stereocenters. The number of alkyl halides is 1. The number of benzene rings is 1. The minimum absolute atomic E-state index is 0.0188. The average Bonchev–Trinajstić information content (AvgIpc) is 2.78. The van der Waals surface area contributed by atoms with E-state index in [0.29, 0.717) is 5.01 Å². The van der Waals surface area contributed by atoms with Crippen molar-refractivity contribution in [1.82, 2.24) is 9.91 Å². The molecule has 1 aliphatic heterocycles. The lowest BCUT2D eigenvalue weighted by molar-refractivity contribution is -0.321. The van der Waals surface area contributed by atoms with Gasteiger partial charge in [-0.15, -0.1) is 16.5 Å². The molecule has 2 rings (SSSR count). The predicted octanol–water partition coefficient (Wildman–Crippen LogP) is 0.629. The lowest BCUT2D eigenvalue weighted by Crippen LogP contribution is -2.65. The molecule has 1 aromatic rings. The average molecular weight is 476 g/mol. The van der Waals surface area contributed by atoms with E-state index in [0.717, 1.165) is 10.5 Å². The Balaban J connectivity index is 2.21. The number of hydrogen-bond donors (Lipinski definition) is 4. The minimum atomic E-state index is -1.79. The van der Waals surface area contributed by atoms with Crippen molar-refractivity contribution < 1.29 is 34.7 Å². The van der Waals surface area contributed by atoms with E-state index < -0.39 is 43.0 Å². The Morgan fingerprint density at radius 1 is 1.19 bits per heavy atom. The van der Waals surface area contributed by atoms with E-state index in [2.05, 4.69) is 5.29 Å². The molecular formula is C20H30ClN3O8. The molecule has 180 valence electrons. The third-order valence-corrected chi connectivity index (χ3v) is 5.07. The molecule has 4 N–H and O–H groups in total. The fraction of sp³-hybridized carbons (Fsp3) is 0.650. The van der Waals surface area contributed by atoms with Crippen molar-refractivity contribution in [3.05, 3.63) is 40.8 Å². The van der Waals surface area contributed by atoms with E-state index in [1.54, 1.807) is 38.1 Å². The van der Waals surface area contributed by atoms with Gasteiger partial charge < -0.3 is 29.9 Å². The first-order valence-corrected chi connectivity index (χ1v) is 10.7. The number of halogens is 1. The second-order valence-electron chi connectivity index (χ2n) is 7.87. The number of urea groups is 1. The summed E-state index contributed by atoms with van der Waals surface area (Å²) in [6, 6.07) is 8.04. The van der Waals surface area contributed by atoms with Crippen LogP contribution in [0.2, 0.25) is 0 Å². The Morgan fingerprint density at radius 3 is 2.41 bits per heavy atom. The third-order valence-electron chi connectivity index (χ3n) is 4.90. The number of nitrogens with zero attached hydrogens (tertiary/aromatic N) is 3. The number of hydrogen-bond acceptors (Lipinski definition) is 9. The number of aliphatic hydroxyl groups is 4. The summed E-state index contributed by atoms with van der Waals surface area (Å²) in [5.74, 6) is -0.203. The van der Waals surface area contributed by atoms with Gasteiger partial charge in [0.1, 0.15) is 24.4 Å². The third kappa shape index (κ3) is 6.58. The summed E-state index contributed by atoms with van der Waals surface area (Å²) in [7, 11) is 0. The van der Waals surface area contributed by atoms with Crippen LogP contribution in [0.25, 0.3) is 0 Å². The maximum Gasteiger partial charge on any atom is 0.345 e. The van der Waals surface area contributed by atoms with Crippen LogP contribution >= 0.6 is 11.6 Å². The second-order valence-corrected chi connectivity index (χ2v) is 8.25. The van der Waals surface area contributed by atoms with Crippen LogP contribution in [-0.4, -0.2) is 92.3 Å². The molecule has 0 radical (unpaired) electrons. The quantitative estimate of drug-likeness (QED) is 0.166.